The maximum atomic E-state index is 11.0. The Morgan fingerprint density at radius 2 is 2.31 bits per heavy atom. The van der Waals surface area contributed by atoms with Crippen LogP contribution in [0.4, 0.5) is 11.4 Å². The summed E-state index contributed by atoms with van der Waals surface area (Å²) >= 11 is 0. The van der Waals surface area contributed by atoms with E-state index in [-0.39, 0.29) is 5.91 Å². The van der Waals surface area contributed by atoms with Crippen molar-refractivity contribution < 1.29 is 9.53 Å². The highest BCUT2D eigenvalue weighted by Crippen LogP contribution is 2.33. The number of amides is 1. The van der Waals surface area contributed by atoms with E-state index in [1.165, 1.54) is 0 Å². The van der Waals surface area contributed by atoms with Crippen LogP contribution >= 0.6 is 0 Å². The Labute approximate surface area is 75.9 Å². The molecule has 1 heterocycles. The van der Waals surface area contributed by atoms with Crippen LogP contribution in [0.5, 0.6) is 5.75 Å². The number of ether oxygens (including phenoxy) is 1. The van der Waals surface area contributed by atoms with Gasteiger partial charge in [-0.15, -0.1) is 0 Å². The molecule has 1 aromatic carbocycles. The Bertz CT molecular complexity index is 349. The summed E-state index contributed by atoms with van der Waals surface area (Å²) in [5.74, 6) is 0.721. The summed E-state index contributed by atoms with van der Waals surface area (Å²) in [7, 11) is 1.60. The number of nitrogens with one attached hydrogen (secondary N) is 2. The van der Waals surface area contributed by atoms with Crippen molar-refractivity contribution in [2.45, 2.75) is 0 Å². The molecule has 4 heteroatoms. The molecule has 1 aromatic rings. The van der Waals surface area contributed by atoms with E-state index in [1.54, 1.807) is 7.11 Å². The van der Waals surface area contributed by atoms with Crippen LogP contribution in [0.2, 0.25) is 0 Å². The van der Waals surface area contributed by atoms with E-state index in [1.807, 2.05) is 18.2 Å². The lowest BCUT2D eigenvalue weighted by molar-refractivity contribution is -0.114. The third-order valence-corrected chi connectivity index (χ3v) is 1.95. The Balaban J connectivity index is 2.45. The van der Waals surface area contributed by atoms with E-state index in [9.17, 15) is 4.79 Å². The molecule has 1 aliphatic heterocycles. The maximum absolute atomic E-state index is 11.0. The molecule has 0 saturated carbocycles. The third kappa shape index (κ3) is 1.30. The van der Waals surface area contributed by atoms with Gasteiger partial charge in [0.2, 0.25) is 5.91 Å². The molecule has 0 radical (unpaired) electrons. The molecule has 4 nitrogen and oxygen atoms in total. The Hall–Kier alpha value is -1.71. The number of anilines is 2. The second-order valence-electron chi connectivity index (χ2n) is 2.78. The smallest absolute Gasteiger partial charge is 0.243 e. The zero-order chi connectivity index (χ0) is 9.26. The molecule has 0 bridgehead atoms. The fourth-order valence-electron chi connectivity index (χ4n) is 1.35. The summed E-state index contributed by atoms with van der Waals surface area (Å²) in [4.78, 5) is 11.0. The second-order valence-corrected chi connectivity index (χ2v) is 2.78. The second kappa shape index (κ2) is 2.97. The van der Waals surface area contributed by atoms with Crippen LogP contribution in [0.3, 0.4) is 0 Å². The largest absolute Gasteiger partial charge is 0.495 e. The van der Waals surface area contributed by atoms with E-state index < -0.39 is 0 Å². The number of carbonyl (C=O) groups is 1. The molecule has 0 atom stereocenters. The molecule has 0 saturated heterocycles. The van der Waals surface area contributed by atoms with Gasteiger partial charge in [-0.1, -0.05) is 6.07 Å². The quantitative estimate of drug-likeness (QED) is 0.676. The number of methoxy groups -OCH3 is 1. The Kier molecular flexibility index (Phi) is 1.81. The van der Waals surface area contributed by atoms with Crippen molar-refractivity contribution in [3.8, 4) is 5.75 Å². The predicted octanol–water partition coefficient (Wildman–Crippen LogP) is 1.06. The fourth-order valence-corrected chi connectivity index (χ4v) is 1.35. The number of carbonyl (C=O) groups excluding carboxylic acids is 1. The van der Waals surface area contributed by atoms with Crippen LogP contribution in [0.25, 0.3) is 0 Å². The van der Waals surface area contributed by atoms with Crippen molar-refractivity contribution in [3.63, 3.8) is 0 Å². The van der Waals surface area contributed by atoms with Gasteiger partial charge in [-0.25, -0.2) is 0 Å². The molecule has 2 rings (SSSR count). The van der Waals surface area contributed by atoms with E-state index in [4.69, 9.17) is 4.74 Å². The molecule has 0 fully saturated rings. The monoisotopic (exact) mass is 178 g/mol. The summed E-state index contributed by atoms with van der Waals surface area (Å²) in [5, 5.41) is 5.75. The Morgan fingerprint density at radius 1 is 1.46 bits per heavy atom. The highest BCUT2D eigenvalue weighted by molar-refractivity contribution is 6.01. The van der Waals surface area contributed by atoms with Crippen LogP contribution < -0.4 is 15.4 Å². The minimum atomic E-state index is -0.0271. The lowest BCUT2D eigenvalue weighted by Crippen LogP contribution is -2.27. The van der Waals surface area contributed by atoms with Crippen molar-refractivity contribution in [2.75, 3.05) is 24.3 Å². The normalized spacial score (nSPS) is 14.1. The van der Waals surface area contributed by atoms with Gasteiger partial charge in [0.25, 0.3) is 0 Å². The maximum Gasteiger partial charge on any atom is 0.243 e. The first-order valence-corrected chi connectivity index (χ1v) is 4.02. The van der Waals surface area contributed by atoms with E-state index in [0.717, 1.165) is 17.1 Å². The first-order chi connectivity index (χ1) is 6.31. The first-order valence-electron chi connectivity index (χ1n) is 4.02. The SMILES string of the molecule is COc1cccc2c1NCC(=O)N2. The number of hydrogen-bond acceptors (Lipinski definition) is 3. The highest BCUT2D eigenvalue weighted by atomic mass is 16.5. The van der Waals surface area contributed by atoms with Crippen LogP contribution in [-0.2, 0) is 4.79 Å². The van der Waals surface area contributed by atoms with Gasteiger partial charge in [-0.3, -0.25) is 4.79 Å². The number of hydrogen-bond donors (Lipinski definition) is 2. The van der Waals surface area contributed by atoms with Gasteiger partial charge >= 0.3 is 0 Å². The summed E-state index contributed by atoms with van der Waals surface area (Å²) < 4.78 is 5.13. The van der Waals surface area contributed by atoms with Crippen LogP contribution in [0.1, 0.15) is 0 Å². The van der Waals surface area contributed by atoms with Crippen molar-refractivity contribution in [1.29, 1.82) is 0 Å². The zero-order valence-electron chi connectivity index (χ0n) is 7.26. The van der Waals surface area contributed by atoms with Crippen molar-refractivity contribution in [2.24, 2.45) is 0 Å². The molecule has 1 amide bonds. The van der Waals surface area contributed by atoms with Gasteiger partial charge in [-0.2, -0.15) is 0 Å². The standard InChI is InChI=1S/C9H10N2O2/c1-13-7-4-2-3-6-9(7)10-5-8(12)11-6/h2-4,10H,5H2,1H3,(H,11,12). The molecule has 2 N–H and O–H groups in total. The van der Waals surface area contributed by atoms with Gasteiger partial charge in [0, 0.05) is 0 Å². The minimum absolute atomic E-state index is 0.0271. The molecular formula is C9H10N2O2. The van der Waals surface area contributed by atoms with E-state index in [2.05, 4.69) is 10.6 Å². The van der Waals surface area contributed by atoms with Crippen molar-refractivity contribution in [1.82, 2.24) is 0 Å². The highest BCUT2D eigenvalue weighted by Gasteiger charge is 2.16. The lowest BCUT2D eigenvalue weighted by Gasteiger charge is -2.20. The zero-order valence-corrected chi connectivity index (χ0v) is 7.26. The topological polar surface area (TPSA) is 50.4 Å². The Morgan fingerprint density at radius 3 is 3.08 bits per heavy atom. The average molecular weight is 178 g/mol. The third-order valence-electron chi connectivity index (χ3n) is 1.95. The average Bonchev–Trinajstić information content (AvgIpc) is 2.16. The van der Waals surface area contributed by atoms with E-state index >= 15 is 0 Å². The number of rotatable bonds is 1. The van der Waals surface area contributed by atoms with Crippen molar-refractivity contribution in [3.05, 3.63) is 18.2 Å². The minimum Gasteiger partial charge on any atom is -0.495 e. The number of benzene rings is 1. The summed E-state index contributed by atoms with van der Waals surface area (Å²) in [6.45, 7) is 0.299. The molecule has 0 unspecified atom stereocenters. The van der Waals surface area contributed by atoms with Gasteiger partial charge < -0.3 is 15.4 Å². The summed E-state index contributed by atoms with van der Waals surface area (Å²) in [5.41, 5.74) is 1.63. The lowest BCUT2D eigenvalue weighted by atomic mass is 10.2. The fraction of sp³-hybridized carbons (Fsp3) is 0.222. The van der Waals surface area contributed by atoms with Gasteiger partial charge in [0.15, 0.2) is 0 Å². The molecule has 1 aliphatic rings. The van der Waals surface area contributed by atoms with Crippen LogP contribution in [0, 0.1) is 0 Å². The first kappa shape index (κ1) is 7.91. The van der Waals surface area contributed by atoms with Crippen LogP contribution in [-0.4, -0.2) is 19.6 Å². The molecule has 13 heavy (non-hydrogen) atoms. The van der Waals surface area contributed by atoms with Crippen LogP contribution in [0.15, 0.2) is 18.2 Å². The number of fused-ring (bicyclic) bond motifs is 1. The number of para-hydroxylation sites is 1. The van der Waals surface area contributed by atoms with E-state index in [0.29, 0.717) is 6.54 Å². The van der Waals surface area contributed by atoms with Gasteiger partial charge in [0.05, 0.1) is 19.3 Å². The predicted molar refractivity (Wildman–Crippen MR) is 50.1 cm³/mol. The summed E-state index contributed by atoms with van der Waals surface area (Å²) in [6, 6.07) is 5.52. The van der Waals surface area contributed by atoms with Gasteiger partial charge in [0.1, 0.15) is 11.4 Å². The molecule has 68 valence electrons. The molecule has 0 aromatic heterocycles. The molecular weight excluding hydrogens is 168 g/mol. The van der Waals surface area contributed by atoms with Crippen molar-refractivity contribution >= 4 is 17.3 Å². The molecule has 0 spiro atoms. The van der Waals surface area contributed by atoms with Gasteiger partial charge in [-0.05, 0) is 12.1 Å². The molecule has 0 aliphatic carbocycles. The summed E-state index contributed by atoms with van der Waals surface area (Å²) in [6.07, 6.45) is 0.